The van der Waals surface area contributed by atoms with Crippen LogP contribution in [0.3, 0.4) is 0 Å². The molecule has 0 aliphatic heterocycles. The minimum absolute atomic E-state index is 0.422. The Morgan fingerprint density at radius 2 is 1.70 bits per heavy atom. The van der Waals surface area contributed by atoms with Gasteiger partial charge in [-0.15, -0.1) is 10.2 Å². The molecule has 1 heterocycles. The fraction of sp³-hybridized carbons (Fsp3) is 0.222. The molecule has 2 aromatic carbocycles. The van der Waals surface area contributed by atoms with Gasteiger partial charge in [-0.2, -0.15) is 0 Å². The highest BCUT2D eigenvalue weighted by Crippen LogP contribution is 2.30. The normalized spacial score (nSPS) is 11.5. The van der Waals surface area contributed by atoms with Crippen molar-refractivity contribution in [1.82, 2.24) is 10.2 Å². The van der Waals surface area contributed by atoms with E-state index in [1.165, 1.54) is 0 Å². The third-order valence-corrected chi connectivity index (χ3v) is 3.75. The van der Waals surface area contributed by atoms with Gasteiger partial charge in [-0.25, -0.2) is 0 Å². The minimum atomic E-state index is -0.748. The summed E-state index contributed by atoms with van der Waals surface area (Å²) in [5.74, 6) is 1.60. The van der Waals surface area contributed by atoms with Crippen molar-refractivity contribution < 1.29 is 9.15 Å². The second kappa shape index (κ2) is 6.05. The van der Waals surface area contributed by atoms with E-state index in [0.29, 0.717) is 22.6 Å². The molecule has 1 aromatic heterocycles. The highest BCUT2D eigenvalue weighted by molar-refractivity contribution is 6.30. The molecule has 0 aliphatic rings. The zero-order valence-corrected chi connectivity index (χ0v) is 14.0. The van der Waals surface area contributed by atoms with E-state index in [1.807, 2.05) is 57.2 Å². The molecule has 0 amide bonds. The lowest BCUT2D eigenvalue weighted by molar-refractivity contribution is 0.0770. The van der Waals surface area contributed by atoms with Crippen LogP contribution in [0, 0.1) is 6.92 Å². The van der Waals surface area contributed by atoms with Crippen molar-refractivity contribution in [2.75, 3.05) is 0 Å². The van der Waals surface area contributed by atoms with Crippen molar-refractivity contribution in [2.24, 2.45) is 0 Å². The predicted molar refractivity (Wildman–Crippen MR) is 89.6 cm³/mol. The number of nitrogens with zero attached hydrogens (tertiary/aromatic N) is 2. The van der Waals surface area contributed by atoms with Gasteiger partial charge in [0.25, 0.3) is 5.89 Å². The summed E-state index contributed by atoms with van der Waals surface area (Å²) < 4.78 is 11.8. The summed E-state index contributed by atoms with van der Waals surface area (Å²) in [6, 6.07) is 15.1. The maximum atomic E-state index is 5.97. The fourth-order valence-electron chi connectivity index (χ4n) is 2.23. The maximum Gasteiger partial charge on any atom is 0.259 e. The molecule has 0 saturated heterocycles. The van der Waals surface area contributed by atoms with E-state index in [-0.39, 0.29) is 0 Å². The summed E-state index contributed by atoms with van der Waals surface area (Å²) in [4.78, 5) is 0. The second-order valence-electron chi connectivity index (χ2n) is 5.79. The van der Waals surface area contributed by atoms with Gasteiger partial charge in [0.1, 0.15) is 5.75 Å². The molecule has 4 nitrogen and oxygen atoms in total. The highest BCUT2D eigenvalue weighted by Gasteiger charge is 2.30. The Labute approximate surface area is 140 Å². The SMILES string of the molecule is Cc1ccccc1-c1nnc(C(C)(C)Oc2ccc(Cl)cc2)o1. The van der Waals surface area contributed by atoms with Crippen LogP contribution in [0.2, 0.25) is 5.02 Å². The van der Waals surface area contributed by atoms with Crippen molar-refractivity contribution >= 4 is 11.6 Å². The lowest BCUT2D eigenvalue weighted by Gasteiger charge is -2.22. The molecule has 0 fully saturated rings. The smallest absolute Gasteiger partial charge is 0.259 e. The quantitative estimate of drug-likeness (QED) is 0.675. The molecule has 118 valence electrons. The van der Waals surface area contributed by atoms with Gasteiger partial charge >= 0.3 is 0 Å². The Hall–Kier alpha value is -2.33. The number of aromatic nitrogens is 2. The number of ether oxygens (including phenoxy) is 1. The van der Waals surface area contributed by atoms with Gasteiger partial charge in [-0.1, -0.05) is 29.8 Å². The molecule has 23 heavy (non-hydrogen) atoms. The Morgan fingerprint density at radius 1 is 1.00 bits per heavy atom. The number of hydrogen-bond acceptors (Lipinski definition) is 4. The van der Waals surface area contributed by atoms with E-state index >= 15 is 0 Å². The zero-order chi connectivity index (χ0) is 16.4. The highest BCUT2D eigenvalue weighted by atomic mass is 35.5. The molecule has 0 N–H and O–H groups in total. The molecule has 0 bridgehead atoms. The molecule has 5 heteroatoms. The van der Waals surface area contributed by atoms with Crippen LogP contribution in [-0.4, -0.2) is 10.2 Å². The van der Waals surface area contributed by atoms with Crippen LogP contribution in [0.4, 0.5) is 0 Å². The number of hydrogen-bond donors (Lipinski definition) is 0. The summed E-state index contributed by atoms with van der Waals surface area (Å²) in [5, 5.41) is 8.96. The third kappa shape index (κ3) is 3.37. The van der Waals surface area contributed by atoms with Crippen molar-refractivity contribution in [3.05, 3.63) is 65.0 Å². The maximum absolute atomic E-state index is 5.97. The zero-order valence-electron chi connectivity index (χ0n) is 13.2. The molecule has 3 aromatic rings. The Balaban J connectivity index is 1.86. The van der Waals surface area contributed by atoms with Gasteiger partial charge in [0.2, 0.25) is 5.89 Å². The predicted octanol–water partition coefficient (Wildman–Crippen LogP) is 5.01. The summed E-state index contributed by atoms with van der Waals surface area (Å²) in [6.07, 6.45) is 0. The summed E-state index contributed by atoms with van der Waals surface area (Å²) in [7, 11) is 0. The first kappa shape index (κ1) is 15.6. The Kier molecular flexibility index (Phi) is 4.09. The van der Waals surface area contributed by atoms with Crippen LogP contribution < -0.4 is 4.74 Å². The molecule has 3 rings (SSSR count). The van der Waals surface area contributed by atoms with Gasteiger partial charge < -0.3 is 9.15 Å². The summed E-state index contributed by atoms with van der Waals surface area (Å²) in [6.45, 7) is 5.78. The van der Waals surface area contributed by atoms with E-state index in [2.05, 4.69) is 10.2 Å². The first-order valence-electron chi connectivity index (χ1n) is 7.30. The lowest BCUT2D eigenvalue weighted by atomic mass is 10.1. The van der Waals surface area contributed by atoms with E-state index in [0.717, 1.165) is 11.1 Å². The Morgan fingerprint density at radius 3 is 2.39 bits per heavy atom. The van der Waals surface area contributed by atoms with Crippen molar-refractivity contribution in [2.45, 2.75) is 26.4 Å². The molecule has 0 atom stereocenters. The van der Waals surface area contributed by atoms with Gasteiger partial charge in [0.15, 0.2) is 5.60 Å². The number of halogens is 1. The van der Waals surface area contributed by atoms with Gasteiger partial charge in [-0.3, -0.25) is 0 Å². The molecule has 0 saturated carbocycles. The van der Waals surface area contributed by atoms with Crippen LogP contribution in [0.25, 0.3) is 11.5 Å². The van der Waals surface area contributed by atoms with Crippen molar-refractivity contribution in [3.8, 4) is 17.2 Å². The van der Waals surface area contributed by atoms with Crippen LogP contribution in [-0.2, 0) is 5.60 Å². The van der Waals surface area contributed by atoms with E-state index in [9.17, 15) is 0 Å². The summed E-state index contributed by atoms with van der Waals surface area (Å²) in [5.41, 5.74) is 1.26. The fourth-order valence-corrected chi connectivity index (χ4v) is 2.36. The third-order valence-electron chi connectivity index (χ3n) is 3.50. The van der Waals surface area contributed by atoms with E-state index in [1.54, 1.807) is 12.1 Å². The van der Waals surface area contributed by atoms with Crippen molar-refractivity contribution in [1.29, 1.82) is 0 Å². The van der Waals surface area contributed by atoms with Crippen LogP contribution in [0.15, 0.2) is 52.9 Å². The average molecular weight is 329 g/mol. The molecule has 0 radical (unpaired) electrons. The first-order chi connectivity index (χ1) is 11.0. The number of aryl methyl sites for hydroxylation is 1. The lowest BCUT2D eigenvalue weighted by Crippen LogP contribution is -2.25. The van der Waals surface area contributed by atoms with Crippen LogP contribution in [0.1, 0.15) is 25.3 Å². The monoisotopic (exact) mass is 328 g/mol. The molecule has 0 spiro atoms. The van der Waals surface area contributed by atoms with Crippen LogP contribution in [0.5, 0.6) is 5.75 Å². The molecule has 0 unspecified atom stereocenters. The van der Waals surface area contributed by atoms with E-state index in [4.69, 9.17) is 20.8 Å². The molecule has 0 aliphatic carbocycles. The number of rotatable bonds is 4. The van der Waals surface area contributed by atoms with Crippen LogP contribution >= 0.6 is 11.6 Å². The van der Waals surface area contributed by atoms with Gasteiger partial charge in [-0.05, 0) is 56.7 Å². The standard InChI is InChI=1S/C18H17ClN2O2/c1-12-6-4-5-7-15(12)16-20-21-17(22-16)18(2,3)23-14-10-8-13(19)9-11-14/h4-11H,1-3H3. The number of benzene rings is 2. The van der Waals surface area contributed by atoms with Crippen molar-refractivity contribution in [3.63, 3.8) is 0 Å². The summed E-state index contributed by atoms with van der Waals surface area (Å²) >= 11 is 5.89. The first-order valence-corrected chi connectivity index (χ1v) is 7.68. The molecular formula is C18H17ClN2O2. The topological polar surface area (TPSA) is 48.2 Å². The minimum Gasteiger partial charge on any atom is -0.478 e. The Bertz CT molecular complexity index is 810. The largest absolute Gasteiger partial charge is 0.478 e. The molecular weight excluding hydrogens is 312 g/mol. The average Bonchev–Trinajstić information content (AvgIpc) is 3.00. The van der Waals surface area contributed by atoms with E-state index < -0.39 is 5.60 Å². The second-order valence-corrected chi connectivity index (χ2v) is 6.23. The van der Waals surface area contributed by atoms with Gasteiger partial charge in [0, 0.05) is 10.6 Å². The van der Waals surface area contributed by atoms with Gasteiger partial charge in [0.05, 0.1) is 0 Å².